The van der Waals surface area contributed by atoms with Crippen LogP contribution in [-0.2, 0) is 25.6 Å². The predicted molar refractivity (Wildman–Crippen MR) is 230 cm³/mol. The van der Waals surface area contributed by atoms with Crippen LogP contribution in [0.3, 0.4) is 0 Å². The average molecular weight is 892 g/mol. The Kier molecular flexibility index (Phi) is 14.2. The van der Waals surface area contributed by atoms with Crippen LogP contribution in [0.4, 0.5) is 0 Å². The maximum Gasteiger partial charge on any atom is 0.273 e. The number of imide groups is 2. The molecule has 1 aromatic heterocycles. The summed E-state index contributed by atoms with van der Waals surface area (Å²) in [6.45, 7) is 0.326. The summed E-state index contributed by atoms with van der Waals surface area (Å²) in [5.41, 5.74) is 2.61. The van der Waals surface area contributed by atoms with E-state index in [2.05, 4.69) is 26.4 Å². The van der Waals surface area contributed by atoms with Crippen LogP contribution in [0, 0.1) is 0 Å². The normalized spacial score (nSPS) is 16.4. The van der Waals surface area contributed by atoms with E-state index in [9.17, 15) is 43.5 Å². The van der Waals surface area contributed by atoms with Crippen molar-refractivity contribution in [2.75, 3.05) is 40.4 Å². The third kappa shape index (κ3) is 10.6. The zero-order valence-electron chi connectivity index (χ0n) is 35.9. The van der Waals surface area contributed by atoms with E-state index in [1.165, 1.54) is 41.3 Å². The number of carbonyl (C=O) groups is 8. The number of benzene rings is 3. The van der Waals surface area contributed by atoms with E-state index in [0.29, 0.717) is 30.8 Å². The molecule has 1 aliphatic carbocycles. The number of hydrogen-bond donors (Lipinski definition) is 5. The summed E-state index contributed by atoms with van der Waals surface area (Å²) in [4.78, 5) is 103. The van der Waals surface area contributed by atoms with Gasteiger partial charge < -0.3 is 40.0 Å². The molecule has 1 unspecified atom stereocenters. The lowest BCUT2D eigenvalue weighted by atomic mass is 10.0. The molecule has 3 aliphatic rings. The molecule has 340 valence electrons. The number of ether oxygens (including phenoxy) is 2. The molecule has 8 amide bonds. The van der Waals surface area contributed by atoms with E-state index in [1.807, 2.05) is 12.1 Å². The molecule has 0 saturated carbocycles. The van der Waals surface area contributed by atoms with Crippen molar-refractivity contribution >= 4 is 47.3 Å². The number of amides is 8. The predicted octanol–water partition coefficient (Wildman–Crippen LogP) is 3.21. The molecule has 0 bridgehead atoms. The van der Waals surface area contributed by atoms with Crippen LogP contribution in [0.1, 0.15) is 110 Å². The Bertz CT molecular complexity index is 2530. The van der Waals surface area contributed by atoms with Gasteiger partial charge in [-0.25, -0.2) is 0 Å². The molecular formula is C46H49N7O12. The van der Waals surface area contributed by atoms with Crippen LogP contribution in [0.25, 0.3) is 11.3 Å². The van der Waals surface area contributed by atoms with Gasteiger partial charge in [0.15, 0.2) is 24.7 Å². The second-order valence-corrected chi connectivity index (χ2v) is 16.1. The van der Waals surface area contributed by atoms with Crippen molar-refractivity contribution in [2.24, 2.45) is 0 Å². The minimum atomic E-state index is -1.11. The van der Waals surface area contributed by atoms with Gasteiger partial charge in [-0.2, -0.15) is 0 Å². The number of nitrogens with zero attached hydrogens (tertiary/aromatic N) is 3. The first-order valence-corrected chi connectivity index (χ1v) is 21.4. The molecule has 65 heavy (non-hydrogen) atoms. The number of aromatic hydroxyl groups is 1. The van der Waals surface area contributed by atoms with Crippen molar-refractivity contribution in [3.05, 3.63) is 94.2 Å². The van der Waals surface area contributed by atoms with Gasteiger partial charge >= 0.3 is 0 Å². The van der Waals surface area contributed by atoms with E-state index in [0.717, 1.165) is 54.6 Å². The number of carbonyl (C=O) groups excluding carboxylic acids is 8. The first-order chi connectivity index (χ1) is 31.3. The van der Waals surface area contributed by atoms with Crippen molar-refractivity contribution in [3.8, 4) is 28.6 Å². The lowest BCUT2D eigenvalue weighted by Crippen LogP contribution is -2.54. The number of nitrogens with one attached hydrogen (secondary N) is 4. The Morgan fingerprint density at radius 2 is 1.57 bits per heavy atom. The molecule has 3 heterocycles. The van der Waals surface area contributed by atoms with Gasteiger partial charge in [0.05, 0.1) is 22.7 Å². The Labute approximate surface area is 373 Å². The third-order valence-corrected chi connectivity index (χ3v) is 11.3. The number of aromatic nitrogens is 1. The monoisotopic (exact) mass is 891 g/mol. The maximum absolute atomic E-state index is 13.2. The Balaban J connectivity index is 0.756. The molecule has 5 N–H and O–H groups in total. The van der Waals surface area contributed by atoms with Gasteiger partial charge in [-0.3, -0.25) is 48.6 Å². The Morgan fingerprint density at radius 1 is 0.846 bits per heavy atom. The summed E-state index contributed by atoms with van der Waals surface area (Å²) < 4.78 is 16.8. The number of rotatable bonds is 19. The molecule has 1 saturated heterocycles. The summed E-state index contributed by atoms with van der Waals surface area (Å²) in [5.74, 6) is -3.46. The number of aryl methyl sites for hydroxylation is 1. The van der Waals surface area contributed by atoms with E-state index in [-0.39, 0.29) is 83.6 Å². The first kappa shape index (κ1) is 45.5. The molecular weight excluding hydrogens is 843 g/mol. The van der Waals surface area contributed by atoms with Gasteiger partial charge in [-0.05, 0) is 79.6 Å². The van der Waals surface area contributed by atoms with Gasteiger partial charge in [-0.1, -0.05) is 42.6 Å². The second-order valence-electron chi connectivity index (χ2n) is 16.1. The second kappa shape index (κ2) is 20.3. The number of piperidine rings is 1. The molecule has 19 heteroatoms. The Hall–Kier alpha value is -7.57. The van der Waals surface area contributed by atoms with Crippen LogP contribution in [0.2, 0.25) is 0 Å². The summed E-state index contributed by atoms with van der Waals surface area (Å²) in [7, 11) is 3.17. The number of unbranched alkanes of at least 4 members (excludes halogenated alkanes) is 4. The molecule has 0 radical (unpaired) electrons. The SMILES string of the molecule is CN(C)C(=O)c1ccc(-c2cc(C(=O)N[C@@H]3CCc4ccc(OCC(=O)NCCCCCCCNC(=O)COc5cccc6c5C(=O)N(C5CCC(=O)NC5=O)C6=O)cc43)no2)cc1O. The van der Waals surface area contributed by atoms with Crippen LogP contribution in [0.15, 0.2) is 65.2 Å². The zero-order valence-corrected chi connectivity index (χ0v) is 35.9. The van der Waals surface area contributed by atoms with Crippen molar-refractivity contribution in [2.45, 2.75) is 69.9 Å². The highest BCUT2D eigenvalue weighted by Gasteiger charge is 2.46. The highest BCUT2D eigenvalue weighted by molar-refractivity contribution is 6.24. The van der Waals surface area contributed by atoms with Gasteiger partial charge in [0.2, 0.25) is 11.8 Å². The fourth-order valence-electron chi connectivity index (χ4n) is 7.91. The standard InChI is InChI=1S/C46H49N7O12/c1-52(2)44(60)29-15-12-27(21-35(29)54)37-23-33(51-65-37)42(58)49-32-16-13-26-11-14-28(22-31(26)32)63-24-39(56)47-19-6-4-3-5-7-20-48-40(57)25-64-36-10-8-9-30-41(36)46(62)53(45(30)61)34-17-18-38(55)50-43(34)59/h8-12,14-15,21-23,32,34,54H,3-7,13,16-20,24-25H2,1-2H3,(H,47,56)(H,48,57)(H,49,58)(H,50,55,59)/t32-,34?/m1/s1. The highest BCUT2D eigenvalue weighted by Crippen LogP contribution is 2.36. The summed E-state index contributed by atoms with van der Waals surface area (Å²) in [6.07, 6.45) is 5.51. The van der Waals surface area contributed by atoms with E-state index >= 15 is 0 Å². The number of phenolic OH excluding ortho intramolecular Hbond substituents is 1. The van der Waals surface area contributed by atoms with Crippen LogP contribution in [0.5, 0.6) is 17.2 Å². The molecule has 19 nitrogen and oxygen atoms in total. The minimum absolute atomic E-state index is 0.00257. The lowest BCUT2D eigenvalue weighted by molar-refractivity contribution is -0.136. The largest absolute Gasteiger partial charge is 0.507 e. The van der Waals surface area contributed by atoms with Gasteiger partial charge in [-0.15, -0.1) is 0 Å². The highest BCUT2D eigenvalue weighted by atomic mass is 16.5. The zero-order chi connectivity index (χ0) is 46.2. The van der Waals surface area contributed by atoms with Gasteiger partial charge in [0, 0.05) is 45.2 Å². The number of phenols is 1. The van der Waals surface area contributed by atoms with Crippen molar-refractivity contribution < 1.29 is 57.5 Å². The Morgan fingerprint density at radius 3 is 2.28 bits per heavy atom. The average Bonchev–Trinajstić information content (AvgIpc) is 4.01. The molecule has 4 aromatic rings. The third-order valence-electron chi connectivity index (χ3n) is 11.3. The van der Waals surface area contributed by atoms with Crippen molar-refractivity contribution in [1.29, 1.82) is 0 Å². The quantitative estimate of drug-likeness (QED) is 0.0671. The minimum Gasteiger partial charge on any atom is -0.507 e. The molecule has 2 atom stereocenters. The number of fused-ring (bicyclic) bond motifs is 2. The molecule has 3 aromatic carbocycles. The van der Waals surface area contributed by atoms with Gasteiger partial charge in [0.25, 0.3) is 35.4 Å². The van der Waals surface area contributed by atoms with Crippen LogP contribution < -0.4 is 30.7 Å². The molecule has 7 rings (SSSR count). The van der Waals surface area contributed by atoms with Crippen molar-refractivity contribution in [1.82, 2.24) is 36.2 Å². The van der Waals surface area contributed by atoms with Gasteiger partial charge in [0.1, 0.15) is 23.3 Å². The fraction of sp³-hybridized carbons (Fsp3) is 0.370. The maximum atomic E-state index is 13.2. The van der Waals surface area contributed by atoms with E-state index < -0.39 is 41.5 Å². The summed E-state index contributed by atoms with van der Waals surface area (Å²) in [6, 6.07) is 14.5. The first-order valence-electron chi connectivity index (χ1n) is 21.4. The van der Waals surface area contributed by atoms with Crippen molar-refractivity contribution in [3.63, 3.8) is 0 Å². The lowest BCUT2D eigenvalue weighted by Gasteiger charge is -2.27. The van der Waals surface area contributed by atoms with Crippen LogP contribution >= 0.6 is 0 Å². The molecule has 1 fully saturated rings. The smallest absolute Gasteiger partial charge is 0.273 e. The van der Waals surface area contributed by atoms with Crippen LogP contribution in [-0.4, -0.2) is 114 Å². The topological polar surface area (TPSA) is 256 Å². The number of hydrogen-bond acceptors (Lipinski definition) is 13. The van der Waals surface area contributed by atoms with E-state index in [1.54, 1.807) is 26.2 Å². The molecule has 2 aliphatic heterocycles. The van der Waals surface area contributed by atoms with E-state index in [4.69, 9.17) is 14.0 Å². The fourth-order valence-corrected chi connectivity index (χ4v) is 7.91. The molecule has 0 spiro atoms. The summed E-state index contributed by atoms with van der Waals surface area (Å²) >= 11 is 0. The summed E-state index contributed by atoms with van der Waals surface area (Å²) in [5, 5.41) is 25.1.